The molecule has 23 heavy (non-hydrogen) atoms. The number of β-amino-alcohol motifs (C(OH)–C–C–N with tert-alkyl or cyclic N) is 1. The van der Waals surface area contributed by atoms with Crippen molar-refractivity contribution < 1.29 is 9.90 Å². The molecule has 1 N–H and O–H groups in total. The van der Waals surface area contributed by atoms with Crippen LogP contribution in [0.5, 0.6) is 0 Å². The van der Waals surface area contributed by atoms with Gasteiger partial charge in [-0.05, 0) is 30.4 Å². The molecule has 3 heterocycles. The van der Waals surface area contributed by atoms with Gasteiger partial charge in [-0.2, -0.15) is 0 Å². The molecular weight excluding hydrogens is 312 g/mol. The van der Waals surface area contributed by atoms with E-state index in [2.05, 4.69) is 9.97 Å². The van der Waals surface area contributed by atoms with Gasteiger partial charge in [-0.15, -0.1) is 11.3 Å². The molecule has 7 heteroatoms. The Kier molecular flexibility index (Phi) is 4.32. The Morgan fingerprint density at radius 1 is 1.52 bits per heavy atom. The van der Waals surface area contributed by atoms with Crippen LogP contribution < -0.4 is 4.90 Å². The molecule has 1 amide bonds. The van der Waals surface area contributed by atoms with Gasteiger partial charge in [-0.25, -0.2) is 4.98 Å². The zero-order valence-corrected chi connectivity index (χ0v) is 14.1. The van der Waals surface area contributed by atoms with Crippen LogP contribution in [0.2, 0.25) is 0 Å². The second-order valence-electron chi connectivity index (χ2n) is 6.11. The third-order valence-corrected chi connectivity index (χ3v) is 5.06. The number of carbonyl (C=O) groups excluding carboxylic acids is 1. The van der Waals surface area contributed by atoms with Gasteiger partial charge in [0.1, 0.15) is 11.4 Å². The summed E-state index contributed by atoms with van der Waals surface area (Å²) in [6, 6.07) is 1.88. The fourth-order valence-corrected chi connectivity index (χ4v) is 3.77. The Balaban J connectivity index is 1.64. The lowest BCUT2D eigenvalue weighted by atomic mass is 10.0. The summed E-state index contributed by atoms with van der Waals surface area (Å²) in [5, 5.41) is 12.8. The molecule has 1 fully saturated rings. The van der Waals surface area contributed by atoms with E-state index in [4.69, 9.17) is 0 Å². The summed E-state index contributed by atoms with van der Waals surface area (Å²) in [6.45, 7) is 3.43. The largest absolute Gasteiger partial charge is 0.386 e. The van der Waals surface area contributed by atoms with E-state index >= 15 is 0 Å². The monoisotopic (exact) mass is 332 g/mol. The number of nitrogens with zero attached hydrogens (tertiary/aromatic N) is 4. The highest BCUT2D eigenvalue weighted by Crippen LogP contribution is 2.26. The van der Waals surface area contributed by atoms with Crippen molar-refractivity contribution in [3.63, 3.8) is 0 Å². The number of carbonyl (C=O) groups is 1. The van der Waals surface area contributed by atoms with Gasteiger partial charge in [0.25, 0.3) is 5.91 Å². The summed E-state index contributed by atoms with van der Waals surface area (Å²) in [5.41, 5.74) is 0.161. The van der Waals surface area contributed by atoms with Gasteiger partial charge in [-0.3, -0.25) is 9.78 Å². The Morgan fingerprint density at radius 3 is 3.00 bits per heavy atom. The molecule has 0 spiro atoms. The smallest absolute Gasteiger partial charge is 0.263 e. The van der Waals surface area contributed by atoms with E-state index in [1.54, 1.807) is 30.5 Å². The van der Waals surface area contributed by atoms with Crippen molar-refractivity contribution in [1.29, 1.82) is 0 Å². The summed E-state index contributed by atoms with van der Waals surface area (Å²) in [4.78, 5) is 25.1. The molecular formula is C16H20N4O2S. The lowest BCUT2D eigenvalue weighted by molar-refractivity contribution is 0.0266. The van der Waals surface area contributed by atoms with Crippen LogP contribution in [-0.2, 0) is 0 Å². The molecule has 0 bridgehead atoms. The summed E-state index contributed by atoms with van der Waals surface area (Å²) in [6.07, 6.45) is 5.56. The number of amides is 1. The van der Waals surface area contributed by atoms with Gasteiger partial charge in [0.2, 0.25) is 0 Å². The predicted molar refractivity (Wildman–Crippen MR) is 89.8 cm³/mol. The fourth-order valence-electron chi connectivity index (χ4n) is 2.88. The van der Waals surface area contributed by atoms with Crippen LogP contribution in [0.3, 0.4) is 0 Å². The molecule has 0 aromatic carbocycles. The Morgan fingerprint density at radius 2 is 2.35 bits per heavy atom. The molecule has 1 saturated heterocycles. The SMILES string of the molecule is Cc1csc(C(=O)N(C)CC2(O)CCN(c3cnccn3)C2)c1. The minimum Gasteiger partial charge on any atom is -0.386 e. The maximum absolute atomic E-state index is 12.4. The predicted octanol–water partition coefficient (Wildman–Crippen LogP) is 1.56. The molecule has 2 aromatic rings. The van der Waals surface area contributed by atoms with Crippen LogP contribution in [0, 0.1) is 6.92 Å². The molecule has 0 aliphatic carbocycles. The van der Waals surface area contributed by atoms with Crippen LogP contribution in [-0.4, -0.2) is 58.2 Å². The molecule has 1 aliphatic rings. The zero-order valence-electron chi connectivity index (χ0n) is 13.3. The number of aryl methyl sites for hydroxylation is 1. The maximum atomic E-state index is 12.4. The number of thiophene rings is 1. The Hall–Kier alpha value is -1.99. The van der Waals surface area contributed by atoms with Crippen molar-refractivity contribution in [3.05, 3.63) is 40.5 Å². The highest BCUT2D eigenvalue weighted by Gasteiger charge is 2.38. The molecule has 0 radical (unpaired) electrons. The van der Waals surface area contributed by atoms with E-state index in [1.807, 2.05) is 23.3 Å². The number of aliphatic hydroxyl groups is 1. The molecule has 3 rings (SSSR count). The maximum Gasteiger partial charge on any atom is 0.263 e. The number of hydrogen-bond acceptors (Lipinski definition) is 6. The number of rotatable bonds is 4. The average Bonchev–Trinajstić information content (AvgIpc) is 3.14. The first-order valence-corrected chi connectivity index (χ1v) is 8.39. The van der Waals surface area contributed by atoms with E-state index in [0.717, 1.165) is 11.4 Å². The van der Waals surface area contributed by atoms with E-state index in [0.29, 0.717) is 30.9 Å². The van der Waals surface area contributed by atoms with Crippen LogP contribution in [0.25, 0.3) is 0 Å². The fraction of sp³-hybridized carbons (Fsp3) is 0.438. The van der Waals surface area contributed by atoms with E-state index in [1.165, 1.54) is 11.3 Å². The molecule has 122 valence electrons. The molecule has 2 aromatic heterocycles. The molecule has 1 unspecified atom stereocenters. The quantitative estimate of drug-likeness (QED) is 0.920. The summed E-state index contributed by atoms with van der Waals surface area (Å²) >= 11 is 1.44. The first kappa shape index (κ1) is 15.9. The van der Waals surface area contributed by atoms with E-state index in [9.17, 15) is 9.90 Å². The molecule has 6 nitrogen and oxygen atoms in total. The third-order valence-electron chi connectivity index (χ3n) is 4.03. The number of anilines is 1. The second kappa shape index (κ2) is 6.25. The number of hydrogen-bond donors (Lipinski definition) is 1. The van der Waals surface area contributed by atoms with E-state index < -0.39 is 5.60 Å². The summed E-state index contributed by atoms with van der Waals surface area (Å²) < 4.78 is 0. The summed E-state index contributed by atoms with van der Waals surface area (Å²) in [5.74, 6) is 0.709. The van der Waals surface area contributed by atoms with Crippen molar-refractivity contribution >= 4 is 23.1 Å². The lowest BCUT2D eigenvalue weighted by Gasteiger charge is -2.28. The van der Waals surface area contributed by atoms with Gasteiger partial charge >= 0.3 is 0 Å². The van der Waals surface area contributed by atoms with Crippen LogP contribution in [0.15, 0.2) is 30.0 Å². The van der Waals surface area contributed by atoms with Gasteiger partial charge < -0.3 is 14.9 Å². The minimum atomic E-state index is -0.922. The number of aromatic nitrogens is 2. The normalized spacial score (nSPS) is 20.7. The molecule has 1 atom stereocenters. The first-order valence-electron chi connectivity index (χ1n) is 7.51. The van der Waals surface area contributed by atoms with Gasteiger partial charge in [0.05, 0.1) is 17.6 Å². The lowest BCUT2D eigenvalue weighted by Crippen LogP contribution is -2.45. The highest BCUT2D eigenvalue weighted by atomic mass is 32.1. The Bertz CT molecular complexity index is 690. The van der Waals surface area contributed by atoms with Crippen molar-refractivity contribution in [3.8, 4) is 0 Å². The third kappa shape index (κ3) is 3.51. The van der Waals surface area contributed by atoms with E-state index in [-0.39, 0.29) is 5.91 Å². The zero-order chi connectivity index (χ0) is 16.4. The van der Waals surface area contributed by atoms with Crippen molar-refractivity contribution in [2.45, 2.75) is 18.9 Å². The molecule has 1 aliphatic heterocycles. The van der Waals surface area contributed by atoms with Crippen LogP contribution in [0.1, 0.15) is 21.7 Å². The Labute approximate surface area is 139 Å². The number of likely N-dealkylation sites (N-methyl/N-ethyl adjacent to an activating group) is 1. The summed E-state index contributed by atoms with van der Waals surface area (Å²) in [7, 11) is 1.74. The van der Waals surface area contributed by atoms with Crippen molar-refractivity contribution in [1.82, 2.24) is 14.9 Å². The van der Waals surface area contributed by atoms with Gasteiger partial charge in [-0.1, -0.05) is 0 Å². The topological polar surface area (TPSA) is 69.6 Å². The second-order valence-corrected chi connectivity index (χ2v) is 7.02. The molecule has 0 saturated carbocycles. The standard InChI is InChI=1S/C16H20N4O2S/c1-12-7-13(23-9-12)15(21)19(2)10-16(22)3-6-20(11-16)14-8-17-4-5-18-14/h4-5,7-9,22H,3,6,10-11H2,1-2H3. The van der Waals surface area contributed by atoms with Crippen molar-refractivity contribution in [2.24, 2.45) is 0 Å². The van der Waals surface area contributed by atoms with Crippen molar-refractivity contribution in [2.75, 3.05) is 31.6 Å². The van der Waals surface area contributed by atoms with Gasteiger partial charge in [0, 0.05) is 32.5 Å². The van der Waals surface area contributed by atoms with Crippen LogP contribution >= 0.6 is 11.3 Å². The first-order chi connectivity index (χ1) is 11.0. The van der Waals surface area contributed by atoms with Crippen LogP contribution in [0.4, 0.5) is 5.82 Å². The minimum absolute atomic E-state index is 0.0468. The highest BCUT2D eigenvalue weighted by molar-refractivity contribution is 7.12. The average molecular weight is 332 g/mol. The van der Waals surface area contributed by atoms with Gasteiger partial charge in [0.15, 0.2) is 0 Å².